The van der Waals surface area contributed by atoms with E-state index < -0.39 is 0 Å². The van der Waals surface area contributed by atoms with Crippen molar-refractivity contribution in [3.8, 4) is 5.75 Å². The number of methoxy groups -OCH3 is 1. The van der Waals surface area contributed by atoms with Crippen LogP contribution in [-0.2, 0) is 9.53 Å². The Labute approximate surface area is 102 Å². The lowest BCUT2D eigenvalue weighted by atomic mass is 10.2. The summed E-state index contributed by atoms with van der Waals surface area (Å²) in [6, 6.07) is 7.32. The van der Waals surface area contributed by atoms with Gasteiger partial charge in [-0.2, -0.15) is 0 Å². The molecule has 1 aromatic carbocycles. The van der Waals surface area contributed by atoms with Gasteiger partial charge in [-0.1, -0.05) is 6.92 Å². The Morgan fingerprint density at radius 2 is 1.94 bits per heavy atom. The lowest BCUT2D eigenvalue weighted by molar-refractivity contribution is -0.116. The molecule has 0 aromatic heterocycles. The number of ether oxygens (including phenoxy) is 2. The molecule has 94 valence electrons. The summed E-state index contributed by atoms with van der Waals surface area (Å²) < 4.78 is 10.3. The van der Waals surface area contributed by atoms with E-state index in [4.69, 9.17) is 9.47 Å². The fourth-order valence-electron chi connectivity index (χ4n) is 1.33. The molecular formula is C13H19NO3. The third-order valence-corrected chi connectivity index (χ3v) is 2.17. The molecule has 1 aromatic rings. The first-order valence-electron chi connectivity index (χ1n) is 5.78. The highest BCUT2D eigenvalue weighted by molar-refractivity contribution is 5.90. The van der Waals surface area contributed by atoms with Crippen LogP contribution < -0.4 is 10.1 Å². The van der Waals surface area contributed by atoms with Crippen molar-refractivity contribution in [2.45, 2.75) is 19.8 Å². The topological polar surface area (TPSA) is 47.6 Å². The number of rotatable bonds is 7. The quantitative estimate of drug-likeness (QED) is 0.741. The lowest BCUT2D eigenvalue weighted by Crippen LogP contribution is -2.10. The standard InChI is InChI=1S/C13H19NO3/c1-3-4-13(15)14-11-5-7-12(8-6-11)17-10-9-16-2/h5-8H,3-4,9-10H2,1-2H3,(H,14,15). The van der Waals surface area contributed by atoms with Crippen LogP contribution >= 0.6 is 0 Å². The van der Waals surface area contributed by atoms with Gasteiger partial charge < -0.3 is 14.8 Å². The molecule has 17 heavy (non-hydrogen) atoms. The van der Waals surface area contributed by atoms with Gasteiger partial charge in [-0.3, -0.25) is 4.79 Å². The van der Waals surface area contributed by atoms with E-state index in [1.54, 1.807) is 7.11 Å². The van der Waals surface area contributed by atoms with E-state index in [9.17, 15) is 4.79 Å². The normalized spacial score (nSPS) is 10.0. The Bertz CT molecular complexity index is 335. The van der Waals surface area contributed by atoms with Crippen molar-refractivity contribution in [1.29, 1.82) is 0 Å². The lowest BCUT2D eigenvalue weighted by Gasteiger charge is -2.07. The number of benzene rings is 1. The Morgan fingerprint density at radius 3 is 2.53 bits per heavy atom. The summed E-state index contributed by atoms with van der Waals surface area (Å²) >= 11 is 0. The maximum Gasteiger partial charge on any atom is 0.224 e. The van der Waals surface area contributed by atoms with E-state index in [0.29, 0.717) is 19.6 Å². The van der Waals surface area contributed by atoms with Gasteiger partial charge in [-0.15, -0.1) is 0 Å². The highest BCUT2D eigenvalue weighted by atomic mass is 16.5. The minimum Gasteiger partial charge on any atom is -0.491 e. The van der Waals surface area contributed by atoms with Crippen LogP contribution in [0.5, 0.6) is 5.75 Å². The Morgan fingerprint density at radius 1 is 1.24 bits per heavy atom. The highest BCUT2D eigenvalue weighted by Gasteiger charge is 2.00. The molecule has 1 amide bonds. The molecule has 1 rings (SSSR count). The van der Waals surface area contributed by atoms with Crippen LogP contribution in [0.2, 0.25) is 0 Å². The number of carbonyl (C=O) groups is 1. The van der Waals surface area contributed by atoms with Crippen LogP contribution in [0.1, 0.15) is 19.8 Å². The van der Waals surface area contributed by atoms with Crippen LogP contribution in [0.15, 0.2) is 24.3 Å². The number of hydrogen-bond donors (Lipinski definition) is 1. The summed E-state index contributed by atoms with van der Waals surface area (Å²) in [6.07, 6.45) is 1.40. The second kappa shape index (κ2) is 7.68. The molecule has 4 nitrogen and oxygen atoms in total. The molecule has 0 radical (unpaired) electrons. The monoisotopic (exact) mass is 237 g/mol. The molecule has 0 bridgehead atoms. The molecule has 0 atom stereocenters. The molecule has 1 N–H and O–H groups in total. The van der Waals surface area contributed by atoms with Crippen LogP contribution in [0.25, 0.3) is 0 Å². The summed E-state index contributed by atoms with van der Waals surface area (Å²) in [5.74, 6) is 0.816. The minimum atomic E-state index is 0.0422. The van der Waals surface area contributed by atoms with Gasteiger partial charge in [0.25, 0.3) is 0 Å². The van der Waals surface area contributed by atoms with E-state index in [2.05, 4.69) is 5.32 Å². The zero-order valence-electron chi connectivity index (χ0n) is 10.4. The van der Waals surface area contributed by atoms with Crippen LogP contribution in [-0.4, -0.2) is 26.2 Å². The van der Waals surface area contributed by atoms with Gasteiger partial charge in [-0.25, -0.2) is 0 Å². The predicted octanol–water partition coefficient (Wildman–Crippen LogP) is 2.45. The Hall–Kier alpha value is -1.55. The average Bonchev–Trinajstić information content (AvgIpc) is 2.32. The highest BCUT2D eigenvalue weighted by Crippen LogP contribution is 2.15. The third kappa shape index (κ3) is 5.36. The number of anilines is 1. The van der Waals surface area contributed by atoms with Gasteiger partial charge in [-0.05, 0) is 30.7 Å². The summed E-state index contributed by atoms with van der Waals surface area (Å²) in [4.78, 5) is 11.3. The van der Waals surface area contributed by atoms with Crippen molar-refractivity contribution in [2.24, 2.45) is 0 Å². The molecular weight excluding hydrogens is 218 g/mol. The Balaban J connectivity index is 2.41. The third-order valence-electron chi connectivity index (χ3n) is 2.17. The molecule has 0 heterocycles. The largest absolute Gasteiger partial charge is 0.491 e. The SMILES string of the molecule is CCCC(=O)Nc1ccc(OCCOC)cc1. The van der Waals surface area contributed by atoms with Crippen molar-refractivity contribution in [2.75, 3.05) is 25.6 Å². The van der Waals surface area contributed by atoms with Crippen LogP contribution in [0, 0.1) is 0 Å². The molecule has 0 aliphatic carbocycles. The van der Waals surface area contributed by atoms with Gasteiger partial charge in [0.2, 0.25) is 5.91 Å². The predicted molar refractivity (Wildman–Crippen MR) is 67.4 cm³/mol. The minimum absolute atomic E-state index is 0.0422. The van der Waals surface area contributed by atoms with Gasteiger partial charge in [0, 0.05) is 19.2 Å². The zero-order chi connectivity index (χ0) is 12.5. The zero-order valence-corrected chi connectivity index (χ0v) is 10.4. The van der Waals surface area contributed by atoms with E-state index in [1.807, 2.05) is 31.2 Å². The summed E-state index contributed by atoms with van der Waals surface area (Å²) in [5, 5.41) is 2.82. The van der Waals surface area contributed by atoms with E-state index in [0.717, 1.165) is 17.9 Å². The molecule has 0 unspecified atom stereocenters. The number of carbonyl (C=O) groups excluding carboxylic acids is 1. The van der Waals surface area contributed by atoms with E-state index in [-0.39, 0.29) is 5.91 Å². The summed E-state index contributed by atoms with van der Waals surface area (Å²) in [7, 11) is 1.63. The summed E-state index contributed by atoms with van der Waals surface area (Å²) in [6.45, 7) is 3.07. The van der Waals surface area contributed by atoms with Gasteiger partial charge >= 0.3 is 0 Å². The van der Waals surface area contributed by atoms with E-state index in [1.165, 1.54) is 0 Å². The first kappa shape index (κ1) is 13.5. The van der Waals surface area contributed by atoms with Crippen LogP contribution in [0.4, 0.5) is 5.69 Å². The molecule has 0 saturated carbocycles. The van der Waals surface area contributed by atoms with E-state index >= 15 is 0 Å². The van der Waals surface area contributed by atoms with Crippen molar-refractivity contribution in [3.63, 3.8) is 0 Å². The average molecular weight is 237 g/mol. The fourth-order valence-corrected chi connectivity index (χ4v) is 1.33. The molecule has 0 aliphatic rings. The number of amides is 1. The van der Waals surface area contributed by atoms with Gasteiger partial charge in [0.1, 0.15) is 12.4 Å². The number of nitrogens with one attached hydrogen (secondary N) is 1. The second-order valence-corrected chi connectivity index (χ2v) is 3.66. The van der Waals surface area contributed by atoms with Crippen molar-refractivity contribution >= 4 is 11.6 Å². The smallest absolute Gasteiger partial charge is 0.224 e. The van der Waals surface area contributed by atoms with Gasteiger partial charge in [0.05, 0.1) is 6.61 Å². The van der Waals surface area contributed by atoms with Gasteiger partial charge in [0.15, 0.2) is 0 Å². The Kier molecular flexibility index (Phi) is 6.10. The molecule has 0 fully saturated rings. The molecule has 0 aliphatic heterocycles. The second-order valence-electron chi connectivity index (χ2n) is 3.66. The number of hydrogen-bond acceptors (Lipinski definition) is 3. The van der Waals surface area contributed by atoms with Crippen molar-refractivity contribution in [1.82, 2.24) is 0 Å². The maximum absolute atomic E-state index is 11.3. The first-order valence-corrected chi connectivity index (χ1v) is 5.78. The van der Waals surface area contributed by atoms with Crippen molar-refractivity contribution in [3.05, 3.63) is 24.3 Å². The first-order chi connectivity index (χ1) is 8.26. The van der Waals surface area contributed by atoms with Crippen molar-refractivity contribution < 1.29 is 14.3 Å². The molecule has 4 heteroatoms. The maximum atomic E-state index is 11.3. The molecule has 0 saturated heterocycles. The summed E-state index contributed by atoms with van der Waals surface area (Å²) in [5.41, 5.74) is 0.794. The van der Waals surface area contributed by atoms with Crippen LogP contribution in [0.3, 0.4) is 0 Å². The molecule has 0 spiro atoms. The fraction of sp³-hybridized carbons (Fsp3) is 0.462.